The van der Waals surface area contributed by atoms with E-state index in [0.29, 0.717) is 11.5 Å². The highest BCUT2D eigenvalue weighted by Crippen LogP contribution is 2.24. The van der Waals surface area contributed by atoms with E-state index in [0.717, 1.165) is 44.7 Å². The van der Waals surface area contributed by atoms with Crippen LogP contribution in [0.2, 0.25) is 0 Å². The van der Waals surface area contributed by atoms with Crippen molar-refractivity contribution in [1.29, 1.82) is 0 Å². The van der Waals surface area contributed by atoms with Gasteiger partial charge in [0.05, 0.1) is 12.2 Å². The lowest BCUT2D eigenvalue weighted by Gasteiger charge is -2.38. The maximum Gasteiger partial charge on any atom is 0.254 e. The van der Waals surface area contributed by atoms with Gasteiger partial charge in [0.25, 0.3) is 5.91 Å². The third kappa shape index (κ3) is 4.92. The van der Waals surface area contributed by atoms with Crippen molar-refractivity contribution in [2.45, 2.75) is 44.9 Å². The molecule has 7 heteroatoms. The Morgan fingerprint density at radius 1 is 1.17 bits per heavy atom. The molecular formula is C22H29N5O2. The van der Waals surface area contributed by atoms with Crippen LogP contribution >= 0.6 is 0 Å². The molecule has 2 aliphatic rings. The monoisotopic (exact) mass is 395 g/mol. The van der Waals surface area contributed by atoms with Crippen molar-refractivity contribution in [3.63, 3.8) is 0 Å². The van der Waals surface area contributed by atoms with E-state index >= 15 is 0 Å². The van der Waals surface area contributed by atoms with Gasteiger partial charge in [0.1, 0.15) is 0 Å². The molecule has 1 aromatic carbocycles. The van der Waals surface area contributed by atoms with Crippen LogP contribution in [0.25, 0.3) is 0 Å². The van der Waals surface area contributed by atoms with E-state index in [2.05, 4.69) is 34.0 Å². The summed E-state index contributed by atoms with van der Waals surface area (Å²) in [5.41, 5.74) is 1.51. The molecule has 0 radical (unpaired) electrons. The lowest BCUT2D eigenvalue weighted by molar-refractivity contribution is -0.0715. The van der Waals surface area contributed by atoms with Gasteiger partial charge in [-0.05, 0) is 51.0 Å². The molecule has 0 unspecified atom stereocenters. The summed E-state index contributed by atoms with van der Waals surface area (Å²) >= 11 is 0. The minimum Gasteiger partial charge on any atom is -0.373 e. The quantitative estimate of drug-likeness (QED) is 0.839. The second-order valence-corrected chi connectivity index (χ2v) is 8.05. The molecule has 4 rings (SSSR count). The Kier molecular flexibility index (Phi) is 6.06. The van der Waals surface area contributed by atoms with Crippen molar-refractivity contribution >= 4 is 17.5 Å². The van der Waals surface area contributed by atoms with E-state index in [1.807, 2.05) is 29.2 Å². The van der Waals surface area contributed by atoms with E-state index in [1.54, 1.807) is 18.5 Å². The summed E-state index contributed by atoms with van der Waals surface area (Å²) in [5, 5.41) is 3.16. The van der Waals surface area contributed by atoms with Crippen molar-refractivity contribution in [1.82, 2.24) is 19.8 Å². The molecule has 7 nitrogen and oxygen atoms in total. The van der Waals surface area contributed by atoms with Crippen LogP contribution in [0.15, 0.2) is 42.7 Å². The van der Waals surface area contributed by atoms with Gasteiger partial charge in [-0.2, -0.15) is 0 Å². The summed E-state index contributed by atoms with van der Waals surface area (Å²) in [6.07, 6.45) is 5.97. The second kappa shape index (κ2) is 8.88. The van der Waals surface area contributed by atoms with Crippen LogP contribution in [0.4, 0.5) is 11.6 Å². The maximum absolute atomic E-state index is 13.3. The second-order valence-electron chi connectivity index (χ2n) is 8.05. The highest BCUT2D eigenvalue weighted by Gasteiger charge is 2.32. The van der Waals surface area contributed by atoms with E-state index < -0.39 is 0 Å². The normalized spacial score (nSPS) is 25.2. The first-order valence-electron chi connectivity index (χ1n) is 10.4. The molecule has 2 saturated heterocycles. The molecule has 1 amide bonds. The Balaban J connectivity index is 1.43. The van der Waals surface area contributed by atoms with Gasteiger partial charge in [-0.1, -0.05) is 6.07 Å². The number of nitrogens with zero attached hydrogens (tertiary/aromatic N) is 4. The average molecular weight is 396 g/mol. The predicted octanol–water partition coefficient (Wildman–Crippen LogP) is 2.93. The maximum atomic E-state index is 13.3. The van der Waals surface area contributed by atoms with E-state index in [4.69, 9.17) is 4.74 Å². The van der Waals surface area contributed by atoms with Crippen LogP contribution in [0, 0.1) is 0 Å². The first-order valence-corrected chi connectivity index (χ1v) is 10.4. The number of carbonyl (C=O) groups is 1. The molecular weight excluding hydrogens is 366 g/mol. The number of carbonyl (C=O) groups excluding carboxylic acids is 1. The van der Waals surface area contributed by atoms with Crippen molar-refractivity contribution in [3.8, 4) is 0 Å². The van der Waals surface area contributed by atoms with Gasteiger partial charge < -0.3 is 15.0 Å². The number of morpholine rings is 1. The Labute approximate surface area is 172 Å². The summed E-state index contributed by atoms with van der Waals surface area (Å²) in [6.45, 7) is 7.83. The van der Waals surface area contributed by atoms with E-state index in [-0.39, 0.29) is 24.2 Å². The number of likely N-dealkylation sites (tertiary alicyclic amines) is 1. The number of anilines is 2. The number of benzene rings is 1. The van der Waals surface area contributed by atoms with Crippen LogP contribution in [0.1, 0.15) is 37.0 Å². The highest BCUT2D eigenvalue weighted by atomic mass is 16.5. The summed E-state index contributed by atoms with van der Waals surface area (Å²) in [5.74, 6) is 0.617. The highest BCUT2D eigenvalue weighted by molar-refractivity contribution is 5.95. The van der Waals surface area contributed by atoms with E-state index in [9.17, 15) is 4.79 Å². The fourth-order valence-electron chi connectivity index (χ4n) is 4.41. The number of hydrogen-bond acceptors (Lipinski definition) is 6. The Hall–Kier alpha value is -2.51. The van der Waals surface area contributed by atoms with Crippen LogP contribution in [-0.2, 0) is 4.74 Å². The number of aromatic nitrogens is 2. The fraction of sp³-hybridized carbons (Fsp3) is 0.500. The fourth-order valence-corrected chi connectivity index (χ4v) is 4.41. The number of ether oxygens (including phenoxy) is 1. The van der Waals surface area contributed by atoms with Gasteiger partial charge in [0.15, 0.2) is 0 Å². The molecule has 0 spiro atoms. The first kappa shape index (κ1) is 19.8. The summed E-state index contributed by atoms with van der Waals surface area (Å²) in [6, 6.07) is 9.61. The topological polar surface area (TPSA) is 70.6 Å². The Morgan fingerprint density at radius 2 is 1.93 bits per heavy atom. The van der Waals surface area contributed by atoms with Crippen LogP contribution in [0.3, 0.4) is 0 Å². The molecule has 1 N–H and O–H groups in total. The molecule has 2 aromatic rings. The SMILES string of the molecule is C[C@@H]1CN(C[C@@H]2CCCN2C(=O)c2cccc(Nc3ncccn3)c2)C[C@@H](C)O1. The van der Waals surface area contributed by atoms with Crippen molar-refractivity contribution in [3.05, 3.63) is 48.3 Å². The van der Waals surface area contributed by atoms with Crippen molar-refractivity contribution in [2.24, 2.45) is 0 Å². The van der Waals surface area contributed by atoms with Gasteiger partial charge in [-0.3, -0.25) is 9.69 Å². The Bertz CT molecular complexity index is 821. The van der Waals surface area contributed by atoms with Gasteiger partial charge in [-0.25, -0.2) is 9.97 Å². The number of hydrogen-bond donors (Lipinski definition) is 1. The molecule has 0 bridgehead atoms. The number of rotatable bonds is 5. The zero-order chi connectivity index (χ0) is 20.2. The average Bonchev–Trinajstić information content (AvgIpc) is 3.15. The predicted molar refractivity (Wildman–Crippen MR) is 112 cm³/mol. The summed E-state index contributed by atoms with van der Waals surface area (Å²) in [7, 11) is 0. The molecule has 3 atom stereocenters. The molecule has 0 saturated carbocycles. The van der Waals surface area contributed by atoms with Gasteiger partial charge in [0, 0.05) is 55.9 Å². The van der Waals surface area contributed by atoms with Crippen LogP contribution in [0.5, 0.6) is 0 Å². The third-order valence-electron chi connectivity index (χ3n) is 5.53. The van der Waals surface area contributed by atoms with Crippen LogP contribution in [-0.4, -0.2) is 70.1 Å². The Morgan fingerprint density at radius 3 is 2.69 bits per heavy atom. The minimum absolute atomic E-state index is 0.0967. The molecule has 3 heterocycles. The number of nitrogens with one attached hydrogen (secondary N) is 1. The zero-order valence-corrected chi connectivity index (χ0v) is 17.1. The largest absolute Gasteiger partial charge is 0.373 e. The molecule has 2 aliphatic heterocycles. The van der Waals surface area contributed by atoms with Crippen molar-refractivity contribution in [2.75, 3.05) is 31.5 Å². The first-order chi connectivity index (χ1) is 14.1. The van der Waals surface area contributed by atoms with Gasteiger partial charge >= 0.3 is 0 Å². The molecule has 154 valence electrons. The molecule has 1 aromatic heterocycles. The number of amides is 1. The lowest BCUT2D eigenvalue weighted by Crippen LogP contribution is -2.50. The third-order valence-corrected chi connectivity index (χ3v) is 5.53. The zero-order valence-electron chi connectivity index (χ0n) is 17.1. The standard InChI is InChI=1S/C22H29N5O2/c1-16-13-26(14-17(2)29-16)15-20-8-4-11-27(20)21(28)18-6-3-7-19(12-18)25-22-23-9-5-10-24-22/h3,5-7,9-10,12,16-17,20H,4,8,11,13-15H2,1-2H3,(H,23,24,25)/t16-,17-,20+/m1/s1. The summed E-state index contributed by atoms with van der Waals surface area (Å²) < 4.78 is 5.85. The smallest absolute Gasteiger partial charge is 0.254 e. The molecule has 2 fully saturated rings. The van der Waals surface area contributed by atoms with Gasteiger partial charge in [-0.15, -0.1) is 0 Å². The van der Waals surface area contributed by atoms with Crippen LogP contribution < -0.4 is 5.32 Å². The minimum atomic E-state index is 0.0967. The molecule has 29 heavy (non-hydrogen) atoms. The lowest BCUT2D eigenvalue weighted by atomic mass is 10.1. The van der Waals surface area contributed by atoms with Crippen molar-refractivity contribution < 1.29 is 9.53 Å². The molecule has 0 aliphatic carbocycles. The van der Waals surface area contributed by atoms with E-state index in [1.165, 1.54) is 0 Å². The van der Waals surface area contributed by atoms with Gasteiger partial charge in [0.2, 0.25) is 5.95 Å². The summed E-state index contributed by atoms with van der Waals surface area (Å²) in [4.78, 5) is 26.1.